The van der Waals surface area contributed by atoms with Gasteiger partial charge < -0.3 is 20.5 Å². The summed E-state index contributed by atoms with van der Waals surface area (Å²) < 4.78 is 11.0. The second-order valence-electron chi connectivity index (χ2n) is 5.95. The Labute approximate surface area is 152 Å². The number of nitrogens with one attached hydrogen (secondary N) is 1. The first-order chi connectivity index (χ1) is 12.2. The van der Waals surface area contributed by atoms with Gasteiger partial charge in [-0.25, -0.2) is 0 Å². The summed E-state index contributed by atoms with van der Waals surface area (Å²) in [6, 6.07) is 15.6. The summed E-state index contributed by atoms with van der Waals surface area (Å²) in [5.74, 6) is 1.30. The van der Waals surface area contributed by atoms with Crippen molar-refractivity contribution in [2.75, 3.05) is 25.6 Å². The van der Waals surface area contributed by atoms with Gasteiger partial charge in [0.25, 0.3) is 0 Å². The van der Waals surface area contributed by atoms with E-state index in [4.69, 9.17) is 26.8 Å². The van der Waals surface area contributed by atoms with Gasteiger partial charge in [-0.2, -0.15) is 0 Å². The van der Waals surface area contributed by atoms with E-state index in [0.29, 0.717) is 29.2 Å². The number of hydrogen-bond acceptors (Lipinski definition) is 3. The van der Waals surface area contributed by atoms with Crippen molar-refractivity contribution in [1.29, 1.82) is 0 Å². The fourth-order valence-corrected chi connectivity index (χ4v) is 3.24. The molecule has 5 nitrogen and oxygen atoms in total. The maximum absolute atomic E-state index is 6.12. The minimum absolute atomic E-state index is 0.0770. The average molecular weight is 360 g/mol. The SMILES string of the molecule is COc1ccc(NC(N)=NC[C@H]2CCO[C@@H]2c2ccccc2)cc1Cl. The number of nitrogens with two attached hydrogens (primary N) is 1. The molecule has 2 aromatic carbocycles. The molecule has 2 aromatic rings. The number of guanidine groups is 1. The number of ether oxygens (including phenoxy) is 2. The number of methoxy groups -OCH3 is 1. The van der Waals surface area contributed by atoms with Crippen LogP contribution in [0.5, 0.6) is 5.75 Å². The van der Waals surface area contributed by atoms with Crippen molar-refractivity contribution < 1.29 is 9.47 Å². The average Bonchev–Trinajstić information content (AvgIpc) is 3.09. The first-order valence-corrected chi connectivity index (χ1v) is 8.62. The van der Waals surface area contributed by atoms with E-state index in [1.807, 2.05) is 24.3 Å². The third-order valence-electron chi connectivity index (χ3n) is 4.26. The predicted molar refractivity (Wildman–Crippen MR) is 101 cm³/mol. The van der Waals surface area contributed by atoms with Crippen molar-refractivity contribution in [2.24, 2.45) is 16.6 Å². The molecule has 0 radical (unpaired) electrons. The first kappa shape index (κ1) is 17.6. The monoisotopic (exact) mass is 359 g/mol. The first-order valence-electron chi connectivity index (χ1n) is 8.24. The van der Waals surface area contributed by atoms with E-state index in [0.717, 1.165) is 18.7 Å². The van der Waals surface area contributed by atoms with Crippen LogP contribution in [0, 0.1) is 5.92 Å². The third-order valence-corrected chi connectivity index (χ3v) is 4.56. The molecule has 0 bridgehead atoms. The van der Waals surface area contributed by atoms with E-state index in [1.54, 1.807) is 19.2 Å². The van der Waals surface area contributed by atoms with Crippen LogP contribution in [0.25, 0.3) is 0 Å². The normalized spacial score (nSPS) is 20.5. The Balaban J connectivity index is 1.62. The molecular weight excluding hydrogens is 338 g/mol. The minimum Gasteiger partial charge on any atom is -0.495 e. The summed E-state index contributed by atoms with van der Waals surface area (Å²) in [7, 11) is 1.58. The van der Waals surface area contributed by atoms with Crippen LogP contribution in [0.15, 0.2) is 53.5 Å². The molecule has 1 fully saturated rings. The lowest BCUT2D eigenvalue weighted by Crippen LogP contribution is -2.24. The van der Waals surface area contributed by atoms with Crippen LogP contribution in [0.3, 0.4) is 0 Å². The van der Waals surface area contributed by atoms with Crippen LogP contribution in [0.2, 0.25) is 5.02 Å². The van der Waals surface area contributed by atoms with Gasteiger partial charge in [0, 0.05) is 24.8 Å². The molecule has 0 aliphatic carbocycles. The zero-order valence-electron chi connectivity index (χ0n) is 14.1. The molecule has 1 aliphatic heterocycles. The molecular formula is C19H22ClN3O2. The molecule has 3 rings (SSSR count). The third kappa shape index (κ3) is 4.44. The topological polar surface area (TPSA) is 68.9 Å². The fourth-order valence-electron chi connectivity index (χ4n) is 2.98. The van der Waals surface area contributed by atoms with Crippen molar-refractivity contribution in [2.45, 2.75) is 12.5 Å². The number of halogens is 1. The van der Waals surface area contributed by atoms with E-state index < -0.39 is 0 Å². The molecule has 0 unspecified atom stereocenters. The van der Waals surface area contributed by atoms with Gasteiger partial charge in [-0.15, -0.1) is 0 Å². The Bertz CT molecular complexity index is 737. The van der Waals surface area contributed by atoms with Gasteiger partial charge in [0.15, 0.2) is 5.96 Å². The summed E-state index contributed by atoms with van der Waals surface area (Å²) in [5, 5.41) is 3.58. The molecule has 0 amide bonds. The van der Waals surface area contributed by atoms with Crippen LogP contribution in [-0.4, -0.2) is 26.2 Å². The van der Waals surface area contributed by atoms with Gasteiger partial charge in [0.2, 0.25) is 0 Å². The van der Waals surface area contributed by atoms with Crippen molar-refractivity contribution in [1.82, 2.24) is 0 Å². The van der Waals surface area contributed by atoms with Crippen LogP contribution in [-0.2, 0) is 4.74 Å². The summed E-state index contributed by atoms with van der Waals surface area (Å²) in [4.78, 5) is 4.48. The number of rotatable bonds is 5. The standard InChI is InChI=1S/C19H22ClN3O2/c1-24-17-8-7-15(11-16(17)20)23-19(21)22-12-14-9-10-25-18(14)13-5-3-2-4-6-13/h2-8,11,14,18H,9-10,12H2,1H3,(H3,21,22,23)/t14-,18-/m1/s1. The minimum atomic E-state index is 0.0770. The number of anilines is 1. The van der Waals surface area contributed by atoms with Crippen LogP contribution < -0.4 is 15.8 Å². The van der Waals surface area contributed by atoms with Gasteiger partial charge in [-0.05, 0) is 30.2 Å². The van der Waals surface area contributed by atoms with E-state index in [1.165, 1.54) is 5.56 Å². The van der Waals surface area contributed by atoms with E-state index in [-0.39, 0.29) is 6.10 Å². The Morgan fingerprint density at radius 2 is 2.12 bits per heavy atom. The lowest BCUT2D eigenvalue weighted by molar-refractivity contribution is 0.0926. The Hall–Kier alpha value is -2.24. The van der Waals surface area contributed by atoms with Crippen molar-refractivity contribution in [3.8, 4) is 5.75 Å². The van der Waals surface area contributed by atoms with Gasteiger partial charge in [0.05, 0.1) is 18.2 Å². The van der Waals surface area contributed by atoms with Crippen LogP contribution in [0.4, 0.5) is 5.69 Å². The lowest BCUT2D eigenvalue weighted by Gasteiger charge is -2.17. The van der Waals surface area contributed by atoms with Crippen molar-refractivity contribution in [3.63, 3.8) is 0 Å². The number of nitrogens with zero attached hydrogens (tertiary/aromatic N) is 1. The molecule has 25 heavy (non-hydrogen) atoms. The smallest absolute Gasteiger partial charge is 0.193 e. The molecule has 6 heteroatoms. The maximum atomic E-state index is 6.12. The molecule has 1 aliphatic rings. The highest BCUT2D eigenvalue weighted by Crippen LogP contribution is 2.34. The van der Waals surface area contributed by atoms with Crippen LogP contribution >= 0.6 is 11.6 Å². The Morgan fingerprint density at radius 3 is 2.84 bits per heavy atom. The zero-order valence-corrected chi connectivity index (χ0v) is 14.9. The molecule has 0 spiro atoms. The summed E-state index contributed by atoms with van der Waals surface area (Å²) >= 11 is 6.12. The highest BCUT2D eigenvalue weighted by atomic mass is 35.5. The lowest BCUT2D eigenvalue weighted by atomic mass is 9.95. The van der Waals surface area contributed by atoms with E-state index in [9.17, 15) is 0 Å². The molecule has 2 atom stereocenters. The second-order valence-corrected chi connectivity index (χ2v) is 6.36. The molecule has 1 heterocycles. The Morgan fingerprint density at radius 1 is 1.32 bits per heavy atom. The highest BCUT2D eigenvalue weighted by Gasteiger charge is 2.29. The highest BCUT2D eigenvalue weighted by molar-refractivity contribution is 6.32. The molecule has 132 valence electrons. The summed E-state index contributed by atoms with van der Waals surface area (Å²) in [6.07, 6.45) is 1.05. The summed E-state index contributed by atoms with van der Waals surface area (Å²) in [5.41, 5.74) is 7.97. The van der Waals surface area contributed by atoms with Gasteiger partial charge in [-0.1, -0.05) is 41.9 Å². The molecule has 0 saturated carbocycles. The van der Waals surface area contributed by atoms with E-state index in [2.05, 4.69) is 22.4 Å². The largest absolute Gasteiger partial charge is 0.495 e. The quantitative estimate of drug-likeness (QED) is 0.628. The number of hydrogen-bond donors (Lipinski definition) is 2. The predicted octanol–water partition coefficient (Wildman–Crippen LogP) is 3.85. The van der Waals surface area contributed by atoms with Crippen LogP contribution in [0.1, 0.15) is 18.1 Å². The molecule has 1 saturated heterocycles. The number of aliphatic imine (C=N–C) groups is 1. The molecule has 0 aromatic heterocycles. The maximum Gasteiger partial charge on any atom is 0.193 e. The van der Waals surface area contributed by atoms with E-state index >= 15 is 0 Å². The fraction of sp³-hybridized carbons (Fsp3) is 0.316. The summed E-state index contributed by atoms with van der Waals surface area (Å²) in [6.45, 7) is 1.36. The number of benzene rings is 2. The van der Waals surface area contributed by atoms with Gasteiger partial charge in [-0.3, -0.25) is 4.99 Å². The molecule has 3 N–H and O–H groups in total. The van der Waals surface area contributed by atoms with Gasteiger partial charge in [0.1, 0.15) is 5.75 Å². The zero-order chi connectivity index (χ0) is 17.6. The van der Waals surface area contributed by atoms with Crippen molar-refractivity contribution in [3.05, 3.63) is 59.1 Å². The van der Waals surface area contributed by atoms with Gasteiger partial charge >= 0.3 is 0 Å². The Kier molecular flexibility index (Phi) is 5.79. The second kappa shape index (κ2) is 8.23. The van der Waals surface area contributed by atoms with Crippen molar-refractivity contribution >= 4 is 23.2 Å².